The van der Waals surface area contributed by atoms with Crippen molar-refractivity contribution >= 4 is 11.9 Å². The van der Waals surface area contributed by atoms with Gasteiger partial charge in [-0.05, 0) is 89.9 Å². The standard InChI is InChI=1S/C61H113NO5/c1-3-5-7-9-11-13-15-17-19-21-23-25-29-33-37-41-45-49-53-59(64)58(57-63)62-60(65)54-50-46-42-38-34-30-26-24-28-32-36-40-44-48-52-56-67-61(66)55-51-47-43-39-35-31-27-22-20-18-16-14-12-10-8-6-4-2/h12,14,18,20,24,28,32,36,58-59,63-64H,3-11,13,15-17,19,21-23,25-27,29-31,33-35,37-57H2,1-2H3,(H,62,65)/b14-12-,20-18-,28-24-,36-32-. The summed E-state index contributed by atoms with van der Waals surface area (Å²) in [6.45, 7) is 4.88. The largest absolute Gasteiger partial charge is 0.466 e. The summed E-state index contributed by atoms with van der Waals surface area (Å²) in [5.41, 5.74) is 0. The van der Waals surface area contributed by atoms with E-state index in [0.717, 1.165) is 83.5 Å². The molecule has 0 aromatic rings. The molecule has 6 nitrogen and oxygen atoms in total. The molecule has 2 atom stereocenters. The monoisotopic (exact) mass is 940 g/mol. The minimum Gasteiger partial charge on any atom is -0.466 e. The molecule has 67 heavy (non-hydrogen) atoms. The SMILES string of the molecule is CCCCC/C=C\C/C=C\CCCCCCCCCC(=O)OCCCCC/C=C\C=C/CCCCCCCCC(=O)NC(CO)C(O)CCCCCCCCCCCCCCCCCCCC. The molecule has 0 heterocycles. The summed E-state index contributed by atoms with van der Waals surface area (Å²) in [6, 6.07) is -0.560. The Morgan fingerprint density at radius 1 is 0.433 bits per heavy atom. The maximum Gasteiger partial charge on any atom is 0.305 e. The van der Waals surface area contributed by atoms with Crippen LogP contribution >= 0.6 is 0 Å². The summed E-state index contributed by atoms with van der Waals surface area (Å²) in [6.07, 6.45) is 71.0. The smallest absolute Gasteiger partial charge is 0.305 e. The van der Waals surface area contributed by atoms with Gasteiger partial charge in [0.05, 0.1) is 25.4 Å². The molecule has 0 bridgehead atoms. The van der Waals surface area contributed by atoms with Crippen molar-refractivity contribution in [3.05, 3.63) is 48.6 Å². The van der Waals surface area contributed by atoms with E-state index >= 15 is 0 Å². The van der Waals surface area contributed by atoms with E-state index < -0.39 is 12.1 Å². The number of carbonyl (C=O) groups is 2. The van der Waals surface area contributed by atoms with Gasteiger partial charge < -0.3 is 20.3 Å². The molecule has 0 aliphatic rings. The Kier molecular flexibility index (Phi) is 54.6. The fourth-order valence-corrected chi connectivity index (χ4v) is 8.84. The second kappa shape index (κ2) is 56.4. The molecule has 0 fully saturated rings. The van der Waals surface area contributed by atoms with Gasteiger partial charge in [-0.15, -0.1) is 0 Å². The minimum absolute atomic E-state index is 0.0295. The third-order valence-corrected chi connectivity index (χ3v) is 13.4. The molecule has 0 rings (SSSR count). The number of unbranched alkanes of at least 4 members (excludes halogenated alkanes) is 36. The van der Waals surface area contributed by atoms with Crippen LogP contribution in [-0.2, 0) is 14.3 Å². The van der Waals surface area contributed by atoms with Crippen LogP contribution in [0.25, 0.3) is 0 Å². The van der Waals surface area contributed by atoms with E-state index in [1.807, 2.05) is 0 Å². The highest BCUT2D eigenvalue weighted by atomic mass is 16.5. The van der Waals surface area contributed by atoms with Gasteiger partial charge in [0.1, 0.15) is 0 Å². The van der Waals surface area contributed by atoms with Crippen LogP contribution in [0.2, 0.25) is 0 Å². The van der Waals surface area contributed by atoms with E-state index in [4.69, 9.17) is 4.74 Å². The number of allylic oxidation sites excluding steroid dienone is 8. The Hall–Kier alpha value is -2.18. The average Bonchev–Trinajstić information content (AvgIpc) is 3.33. The van der Waals surface area contributed by atoms with Crippen LogP contribution < -0.4 is 5.32 Å². The van der Waals surface area contributed by atoms with Crippen LogP contribution in [0.15, 0.2) is 48.6 Å². The fraction of sp³-hybridized carbons (Fsp3) is 0.836. The normalized spacial score (nSPS) is 13.0. The van der Waals surface area contributed by atoms with Gasteiger partial charge in [-0.1, -0.05) is 249 Å². The fourth-order valence-electron chi connectivity index (χ4n) is 8.84. The Morgan fingerprint density at radius 2 is 0.791 bits per heavy atom. The maximum atomic E-state index is 12.5. The lowest BCUT2D eigenvalue weighted by atomic mass is 10.0. The summed E-state index contributed by atoms with van der Waals surface area (Å²) in [7, 11) is 0. The van der Waals surface area contributed by atoms with E-state index in [1.54, 1.807) is 0 Å². The number of ether oxygens (including phenoxy) is 1. The van der Waals surface area contributed by atoms with E-state index in [1.165, 1.54) is 186 Å². The van der Waals surface area contributed by atoms with E-state index in [2.05, 4.69) is 67.8 Å². The van der Waals surface area contributed by atoms with Crippen molar-refractivity contribution in [2.45, 2.75) is 315 Å². The van der Waals surface area contributed by atoms with Crippen molar-refractivity contribution in [2.24, 2.45) is 0 Å². The van der Waals surface area contributed by atoms with Crippen molar-refractivity contribution in [2.75, 3.05) is 13.2 Å². The quantitative estimate of drug-likeness (QED) is 0.0244. The molecule has 0 spiro atoms. The first-order chi connectivity index (χ1) is 33.0. The maximum absolute atomic E-state index is 12.5. The molecule has 0 saturated heterocycles. The molecule has 2 unspecified atom stereocenters. The molecule has 0 aliphatic carbocycles. The van der Waals surface area contributed by atoms with Crippen LogP contribution in [0.3, 0.4) is 0 Å². The first-order valence-electron chi connectivity index (χ1n) is 29.4. The van der Waals surface area contributed by atoms with E-state index in [9.17, 15) is 19.8 Å². The number of aliphatic hydroxyl groups excluding tert-OH is 2. The Balaban J connectivity index is 3.52. The molecule has 6 heteroatoms. The highest BCUT2D eigenvalue weighted by Crippen LogP contribution is 2.17. The molecule has 392 valence electrons. The molecule has 0 aromatic heterocycles. The summed E-state index contributed by atoms with van der Waals surface area (Å²) >= 11 is 0. The first kappa shape index (κ1) is 64.8. The lowest BCUT2D eigenvalue weighted by Gasteiger charge is -2.22. The lowest BCUT2D eigenvalue weighted by Crippen LogP contribution is -2.45. The molecule has 0 saturated carbocycles. The highest BCUT2D eigenvalue weighted by Gasteiger charge is 2.20. The van der Waals surface area contributed by atoms with Crippen LogP contribution in [0, 0.1) is 0 Å². The number of aliphatic hydroxyl groups is 2. The van der Waals surface area contributed by atoms with Gasteiger partial charge in [0.15, 0.2) is 0 Å². The molecular weight excluding hydrogens is 827 g/mol. The number of esters is 1. The van der Waals surface area contributed by atoms with E-state index in [0.29, 0.717) is 25.9 Å². The molecule has 0 aromatic carbocycles. The van der Waals surface area contributed by atoms with Crippen LogP contribution in [0.5, 0.6) is 0 Å². The van der Waals surface area contributed by atoms with Crippen LogP contribution in [0.1, 0.15) is 303 Å². The Labute approximate surface area is 416 Å². The van der Waals surface area contributed by atoms with Crippen molar-refractivity contribution < 1.29 is 24.5 Å². The first-order valence-corrected chi connectivity index (χ1v) is 29.4. The molecular formula is C61H113NO5. The number of hydrogen-bond donors (Lipinski definition) is 3. The van der Waals surface area contributed by atoms with Crippen molar-refractivity contribution in [3.8, 4) is 0 Å². The zero-order valence-corrected chi connectivity index (χ0v) is 44.6. The predicted molar refractivity (Wildman–Crippen MR) is 292 cm³/mol. The van der Waals surface area contributed by atoms with Gasteiger partial charge in [0, 0.05) is 12.8 Å². The number of amides is 1. The molecule has 0 radical (unpaired) electrons. The van der Waals surface area contributed by atoms with Gasteiger partial charge in [0.2, 0.25) is 5.91 Å². The van der Waals surface area contributed by atoms with Crippen molar-refractivity contribution in [3.63, 3.8) is 0 Å². The van der Waals surface area contributed by atoms with E-state index in [-0.39, 0.29) is 18.5 Å². The molecule has 3 N–H and O–H groups in total. The zero-order chi connectivity index (χ0) is 48.6. The third-order valence-electron chi connectivity index (χ3n) is 13.4. The summed E-state index contributed by atoms with van der Waals surface area (Å²) in [5, 5.41) is 23.3. The Morgan fingerprint density at radius 3 is 1.25 bits per heavy atom. The minimum atomic E-state index is -0.680. The topological polar surface area (TPSA) is 95.9 Å². The summed E-state index contributed by atoms with van der Waals surface area (Å²) in [5.74, 6) is -0.0863. The predicted octanol–water partition coefficient (Wildman–Crippen LogP) is 18.2. The molecule has 0 aliphatic heterocycles. The average molecular weight is 941 g/mol. The Bertz CT molecular complexity index is 1130. The number of carbonyl (C=O) groups excluding carboxylic acids is 2. The number of rotatable bonds is 54. The second-order valence-corrected chi connectivity index (χ2v) is 20.0. The van der Waals surface area contributed by atoms with Crippen LogP contribution in [-0.4, -0.2) is 47.4 Å². The van der Waals surface area contributed by atoms with Gasteiger partial charge in [-0.25, -0.2) is 0 Å². The molecule has 1 amide bonds. The van der Waals surface area contributed by atoms with Gasteiger partial charge in [-0.3, -0.25) is 9.59 Å². The lowest BCUT2D eigenvalue weighted by molar-refractivity contribution is -0.143. The van der Waals surface area contributed by atoms with Crippen molar-refractivity contribution in [1.29, 1.82) is 0 Å². The third kappa shape index (κ3) is 53.0. The van der Waals surface area contributed by atoms with Crippen molar-refractivity contribution in [1.82, 2.24) is 5.32 Å². The number of nitrogens with one attached hydrogen (secondary N) is 1. The summed E-state index contributed by atoms with van der Waals surface area (Å²) < 4.78 is 5.45. The van der Waals surface area contributed by atoms with Crippen LogP contribution in [0.4, 0.5) is 0 Å². The zero-order valence-electron chi connectivity index (χ0n) is 44.6. The van der Waals surface area contributed by atoms with Gasteiger partial charge in [-0.2, -0.15) is 0 Å². The van der Waals surface area contributed by atoms with Gasteiger partial charge >= 0.3 is 5.97 Å². The highest BCUT2D eigenvalue weighted by molar-refractivity contribution is 5.76. The van der Waals surface area contributed by atoms with Gasteiger partial charge in [0.25, 0.3) is 0 Å². The second-order valence-electron chi connectivity index (χ2n) is 20.0. The summed E-state index contributed by atoms with van der Waals surface area (Å²) in [4.78, 5) is 24.5. The number of hydrogen-bond acceptors (Lipinski definition) is 5.